The van der Waals surface area contributed by atoms with Crippen LogP contribution in [0.2, 0.25) is 0 Å². The van der Waals surface area contributed by atoms with Gasteiger partial charge in [0.1, 0.15) is 0 Å². The van der Waals surface area contributed by atoms with Crippen LogP contribution in [0.4, 0.5) is 11.6 Å². The van der Waals surface area contributed by atoms with Gasteiger partial charge >= 0.3 is 0 Å². The average Bonchev–Trinajstić information content (AvgIpc) is 2.94. The molecule has 1 aromatic carbocycles. The van der Waals surface area contributed by atoms with Gasteiger partial charge in [-0.25, -0.2) is 13.1 Å². The first-order valence-electron chi connectivity index (χ1n) is 6.03. The Morgan fingerprint density at radius 1 is 1.41 bits per heavy atom. The molecule has 0 saturated heterocycles. The number of hydrogen-bond donors (Lipinski definition) is 1. The predicted molar refractivity (Wildman–Crippen MR) is 75.7 cm³/mol. The minimum atomic E-state index is -3.92. The van der Waals surface area contributed by atoms with E-state index in [0.29, 0.717) is 5.95 Å². The van der Waals surface area contributed by atoms with E-state index in [-0.39, 0.29) is 23.0 Å². The molecule has 2 aromatic rings. The lowest BCUT2D eigenvalue weighted by atomic mass is 10.3. The fourth-order valence-electron chi connectivity index (χ4n) is 1.50. The van der Waals surface area contributed by atoms with Crippen molar-refractivity contribution in [3.8, 4) is 0 Å². The van der Waals surface area contributed by atoms with Crippen molar-refractivity contribution in [2.75, 3.05) is 19.0 Å². The molecule has 10 nitrogen and oxygen atoms in total. The monoisotopic (exact) mass is 327 g/mol. The molecule has 22 heavy (non-hydrogen) atoms. The maximum absolute atomic E-state index is 12.1. The van der Waals surface area contributed by atoms with Gasteiger partial charge in [-0.2, -0.15) is 4.98 Å². The van der Waals surface area contributed by atoms with Crippen LogP contribution in [0.3, 0.4) is 0 Å². The summed E-state index contributed by atoms with van der Waals surface area (Å²) in [6.45, 7) is -0.216. The van der Waals surface area contributed by atoms with Crippen molar-refractivity contribution < 1.29 is 17.9 Å². The van der Waals surface area contributed by atoms with E-state index in [1.165, 1.54) is 18.2 Å². The summed E-state index contributed by atoms with van der Waals surface area (Å²) in [5.74, 6) is 0.391. The normalized spacial score (nSPS) is 11.4. The fraction of sp³-hybridized carbons (Fsp3) is 0.273. The molecule has 0 aliphatic carbocycles. The Morgan fingerprint density at radius 2 is 2.14 bits per heavy atom. The standard InChI is InChI=1S/C11H13N5O5S/c1-15(2)11-13-10(21-14-11)7-12-22(19,20)9-5-3-4-8(6-9)16(17)18/h3-6,12H,7H2,1-2H3. The smallest absolute Gasteiger partial charge is 0.270 e. The molecular weight excluding hydrogens is 314 g/mol. The molecule has 1 N–H and O–H groups in total. The second-order valence-electron chi connectivity index (χ2n) is 4.46. The predicted octanol–water partition coefficient (Wildman–Crippen LogP) is 0.522. The van der Waals surface area contributed by atoms with E-state index in [1.807, 2.05) is 0 Å². The molecule has 0 unspecified atom stereocenters. The zero-order valence-electron chi connectivity index (χ0n) is 11.8. The fourth-order valence-corrected chi connectivity index (χ4v) is 2.52. The van der Waals surface area contributed by atoms with Gasteiger partial charge in [0.2, 0.25) is 15.9 Å². The van der Waals surface area contributed by atoms with Gasteiger partial charge in [-0.15, -0.1) is 0 Å². The third-order valence-electron chi connectivity index (χ3n) is 2.61. The number of nitro groups is 1. The maximum Gasteiger partial charge on any atom is 0.270 e. The Hall–Kier alpha value is -2.53. The van der Waals surface area contributed by atoms with Gasteiger partial charge in [0.25, 0.3) is 11.6 Å². The van der Waals surface area contributed by atoms with Crippen LogP contribution in [0.1, 0.15) is 5.89 Å². The molecule has 1 aromatic heterocycles. The van der Waals surface area contributed by atoms with E-state index in [2.05, 4.69) is 14.9 Å². The summed E-state index contributed by atoms with van der Waals surface area (Å²) in [5, 5.41) is 14.3. The molecule has 0 saturated carbocycles. The van der Waals surface area contributed by atoms with Gasteiger partial charge in [0.15, 0.2) is 0 Å². The van der Waals surface area contributed by atoms with Crippen LogP contribution in [0, 0.1) is 10.1 Å². The molecule has 0 atom stereocenters. The highest BCUT2D eigenvalue weighted by atomic mass is 32.2. The SMILES string of the molecule is CN(C)c1noc(CNS(=O)(=O)c2cccc([N+](=O)[O-])c2)n1. The lowest BCUT2D eigenvalue weighted by Crippen LogP contribution is -2.23. The van der Waals surface area contributed by atoms with Crippen LogP contribution in [-0.4, -0.2) is 37.6 Å². The minimum absolute atomic E-state index is 0.0812. The summed E-state index contributed by atoms with van der Waals surface area (Å²) < 4.78 is 31.3. The average molecular weight is 327 g/mol. The summed E-state index contributed by atoms with van der Waals surface area (Å²) in [4.78, 5) is 15.4. The van der Waals surface area contributed by atoms with E-state index >= 15 is 0 Å². The van der Waals surface area contributed by atoms with Gasteiger partial charge in [0, 0.05) is 26.2 Å². The number of anilines is 1. The molecule has 118 valence electrons. The molecular formula is C11H13N5O5S. The third kappa shape index (κ3) is 3.56. The first-order valence-corrected chi connectivity index (χ1v) is 7.52. The van der Waals surface area contributed by atoms with Crippen LogP contribution < -0.4 is 9.62 Å². The van der Waals surface area contributed by atoms with Gasteiger partial charge in [-0.1, -0.05) is 6.07 Å². The third-order valence-corrected chi connectivity index (χ3v) is 4.01. The van der Waals surface area contributed by atoms with E-state index < -0.39 is 14.9 Å². The maximum atomic E-state index is 12.1. The lowest BCUT2D eigenvalue weighted by Gasteiger charge is -2.04. The van der Waals surface area contributed by atoms with Crippen molar-refractivity contribution in [3.05, 3.63) is 40.3 Å². The van der Waals surface area contributed by atoms with Crippen molar-refractivity contribution >= 4 is 21.7 Å². The molecule has 2 rings (SSSR count). The van der Waals surface area contributed by atoms with Gasteiger partial charge in [0.05, 0.1) is 16.4 Å². The van der Waals surface area contributed by atoms with Crippen LogP contribution in [0.15, 0.2) is 33.7 Å². The molecule has 0 aliphatic heterocycles. The van der Waals surface area contributed by atoms with Crippen LogP contribution in [-0.2, 0) is 16.6 Å². The summed E-state index contributed by atoms with van der Waals surface area (Å²) >= 11 is 0. The second-order valence-corrected chi connectivity index (χ2v) is 6.23. The van der Waals surface area contributed by atoms with Gasteiger partial charge in [-0.05, 0) is 11.2 Å². The highest BCUT2D eigenvalue weighted by Gasteiger charge is 2.19. The van der Waals surface area contributed by atoms with Crippen molar-refractivity contribution in [1.29, 1.82) is 0 Å². The summed E-state index contributed by atoms with van der Waals surface area (Å²) in [7, 11) is -0.501. The van der Waals surface area contributed by atoms with Gasteiger partial charge < -0.3 is 9.42 Å². The number of nitrogens with one attached hydrogen (secondary N) is 1. The molecule has 0 fully saturated rings. The van der Waals surface area contributed by atoms with E-state index in [4.69, 9.17) is 4.52 Å². The van der Waals surface area contributed by atoms with Crippen molar-refractivity contribution in [3.63, 3.8) is 0 Å². The number of non-ortho nitro benzene ring substituents is 1. The molecule has 0 amide bonds. The van der Waals surface area contributed by atoms with E-state index in [1.54, 1.807) is 19.0 Å². The Bertz CT molecular complexity index is 786. The van der Waals surface area contributed by atoms with Crippen molar-refractivity contribution in [1.82, 2.24) is 14.9 Å². The summed E-state index contributed by atoms with van der Waals surface area (Å²) in [6, 6.07) is 4.74. The van der Waals surface area contributed by atoms with E-state index in [0.717, 1.165) is 6.07 Å². The number of aromatic nitrogens is 2. The quantitative estimate of drug-likeness (QED) is 0.600. The zero-order valence-corrected chi connectivity index (χ0v) is 12.6. The number of hydrogen-bond acceptors (Lipinski definition) is 8. The van der Waals surface area contributed by atoms with Crippen LogP contribution >= 0.6 is 0 Å². The molecule has 0 aliphatic rings. The van der Waals surface area contributed by atoms with Crippen molar-refractivity contribution in [2.45, 2.75) is 11.4 Å². The Balaban J connectivity index is 2.13. The van der Waals surface area contributed by atoms with Crippen LogP contribution in [0.5, 0.6) is 0 Å². The van der Waals surface area contributed by atoms with Crippen LogP contribution in [0.25, 0.3) is 0 Å². The van der Waals surface area contributed by atoms with E-state index in [9.17, 15) is 18.5 Å². The first kappa shape index (κ1) is 15.9. The second kappa shape index (κ2) is 6.07. The highest BCUT2D eigenvalue weighted by Crippen LogP contribution is 2.17. The van der Waals surface area contributed by atoms with Crippen molar-refractivity contribution in [2.24, 2.45) is 0 Å². The number of benzene rings is 1. The number of nitrogens with zero attached hydrogens (tertiary/aromatic N) is 4. The zero-order chi connectivity index (χ0) is 16.3. The lowest BCUT2D eigenvalue weighted by molar-refractivity contribution is -0.385. The Labute approximate surface area is 125 Å². The largest absolute Gasteiger partial charge is 0.344 e. The number of rotatable bonds is 6. The summed E-state index contributed by atoms with van der Waals surface area (Å²) in [5.41, 5.74) is -0.310. The number of sulfonamides is 1. The Kier molecular flexibility index (Phi) is 4.37. The molecule has 1 heterocycles. The first-order chi connectivity index (χ1) is 10.3. The molecule has 0 spiro atoms. The Morgan fingerprint density at radius 3 is 2.73 bits per heavy atom. The minimum Gasteiger partial charge on any atom is -0.344 e. The number of nitro benzene ring substituents is 1. The summed E-state index contributed by atoms with van der Waals surface area (Å²) in [6.07, 6.45) is 0. The van der Waals surface area contributed by atoms with Gasteiger partial charge in [-0.3, -0.25) is 10.1 Å². The highest BCUT2D eigenvalue weighted by molar-refractivity contribution is 7.89. The molecule has 0 bridgehead atoms. The topological polar surface area (TPSA) is 131 Å². The molecule has 0 radical (unpaired) electrons. The molecule has 11 heteroatoms.